The van der Waals surface area contributed by atoms with Gasteiger partial charge in [0.15, 0.2) is 17.3 Å². The van der Waals surface area contributed by atoms with E-state index in [-0.39, 0.29) is 11.5 Å². The number of benzene rings is 2. The molecule has 2 aromatic rings. The lowest BCUT2D eigenvalue weighted by molar-refractivity contribution is 0.104. The first-order valence-electron chi connectivity index (χ1n) is 7.66. The molecule has 0 N–H and O–H groups in total. The number of fused-ring (bicyclic) bond motifs is 1. The summed E-state index contributed by atoms with van der Waals surface area (Å²) >= 11 is 1.67. The van der Waals surface area contributed by atoms with Gasteiger partial charge in [0.25, 0.3) is 0 Å². The third-order valence-corrected chi connectivity index (χ3v) is 4.73. The Morgan fingerprint density at radius 2 is 2.00 bits per heavy atom. The lowest BCUT2D eigenvalue weighted by Gasteiger charge is -2.18. The lowest BCUT2D eigenvalue weighted by atomic mass is 10.1. The van der Waals surface area contributed by atoms with Crippen molar-refractivity contribution in [2.24, 2.45) is 0 Å². The molecule has 1 aliphatic heterocycles. The van der Waals surface area contributed by atoms with Crippen LogP contribution in [0.1, 0.15) is 15.9 Å². The second-order valence-corrected chi connectivity index (χ2v) is 6.42. The van der Waals surface area contributed by atoms with Crippen LogP contribution in [0.4, 0.5) is 4.39 Å². The summed E-state index contributed by atoms with van der Waals surface area (Å²) in [5.41, 5.74) is 0.976. The van der Waals surface area contributed by atoms with E-state index < -0.39 is 5.82 Å². The summed E-state index contributed by atoms with van der Waals surface area (Å²) in [6.07, 6.45) is 2.95. The summed E-state index contributed by atoms with van der Waals surface area (Å²) in [6.45, 7) is 0.610. The SMILES string of the molecule is COc1ccc(C=CC(=O)c2cc3c(cc2OC)SCCO3)cc1F. The smallest absolute Gasteiger partial charge is 0.189 e. The van der Waals surface area contributed by atoms with Gasteiger partial charge in [-0.05, 0) is 35.9 Å². The highest BCUT2D eigenvalue weighted by atomic mass is 32.2. The molecule has 0 amide bonds. The van der Waals surface area contributed by atoms with Crippen molar-refractivity contribution >= 4 is 23.6 Å². The number of hydrogen-bond donors (Lipinski definition) is 0. The first-order chi connectivity index (χ1) is 12.1. The number of thioether (sulfide) groups is 1. The van der Waals surface area contributed by atoms with Crippen molar-refractivity contribution in [3.63, 3.8) is 0 Å². The maximum absolute atomic E-state index is 13.7. The summed E-state index contributed by atoms with van der Waals surface area (Å²) < 4.78 is 29.5. The highest BCUT2D eigenvalue weighted by Crippen LogP contribution is 2.38. The topological polar surface area (TPSA) is 44.8 Å². The van der Waals surface area contributed by atoms with Gasteiger partial charge in [0.1, 0.15) is 11.5 Å². The Morgan fingerprint density at radius 3 is 2.72 bits per heavy atom. The quantitative estimate of drug-likeness (QED) is 0.590. The van der Waals surface area contributed by atoms with Gasteiger partial charge in [-0.3, -0.25) is 4.79 Å². The van der Waals surface area contributed by atoms with Gasteiger partial charge in [-0.15, -0.1) is 11.8 Å². The molecule has 0 bridgehead atoms. The number of carbonyl (C=O) groups excluding carboxylic acids is 1. The van der Waals surface area contributed by atoms with Crippen LogP contribution in [0.15, 0.2) is 41.3 Å². The van der Waals surface area contributed by atoms with Gasteiger partial charge in [0, 0.05) is 5.75 Å². The van der Waals surface area contributed by atoms with Gasteiger partial charge < -0.3 is 14.2 Å². The zero-order valence-electron chi connectivity index (χ0n) is 13.9. The van der Waals surface area contributed by atoms with E-state index in [9.17, 15) is 9.18 Å². The van der Waals surface area contributed by atoms with Gasteiger partial charge in [-0.1, -0.05) is 12.1 Å². The molecular weight excluding hydrogens is 343 g/mol. The second kappa shape index (κ2) is 7.61. The molecule has 0 saturated carbocycles. The Labute approximate surface area is 149 Å². The number of hydrogen-bond acceptors (Lipinski definition) is 5. The maximum Gasteiger partial charge on any atom is 0.189 e. The Kier molecular flexibility index (Phi) is 5.28. The molecule has 25 heavy (non-hydrogen) atoms. The molecule has 0 saturated heterocycles. The number of ether oxygens (including phenoxy) is 3. The summed E-state index contributed by atoms with van der Waals surface area (Å²) in [6, 6.07) is 8.01. The molecule has 130 valence electrons. The van der Waals surface area contributed by atoms with E-state index in [1.165, 1.54) is 32.4 Å². The van der Waals surface area contributed by atoms with Crippen molar-refractivity contribution in [2.75, 3.05) is 26.6 Å². The molecule has 1 heterocycles. The molecule has 0 unspecified atom stereocenters. The van der Waals surface area contributed by atoms with Crippen LogP contribution in [0.5, 0.6) is 17.2 Å². The summed E-state index contributed by atoms with van der Waals surface area (Å²) in [7, 11) is 2.93. The summed E-state index contributed by atoms with van der Waals surface area (Å²) in [5.74, 6) is 1.49. The van der Waals surface area contributed by atoms with E-state index in [2.05, 4.69) is 0 Å². The lowest BCUT2D eigenvalue weighted by Crippen LogP contribution is -2.09. The molecule has 0 fully saturated rings. The van der Waals surface area contributed by atoms with Crippen molar-refractivity contribution < 1.29 is 23.4 Å². The number of methoxy groups -OCH3 is 2. The van der Waals surface area contributed by atoms with Gasteiger partial charge in [-0.2, -0.15) is 0 Å². The zero-order valence-corrected chi connectivity index (χ0v) is 14.7. The van der Waals surface area contributed by atoms with Gasteiger partial charge in [0.05, 0.1) is 31.3 Å². The number of carbonyl (C=O) groups is 1. The van der Waals surface area contributed by atoms with Gasteiger partial charge in [-0.25, -0.2) is 4.39 Å². The first-order valence-corrected chi connectivity index (χ1v) is 8.64. The molecule has 2 aromatic carbocycles. The molecule has 0 radical (unpaired) electrons. The predicted octanol–water partition coefficient (Wildman–Crippen LogP) is 4.22. The van der Waals surface area contributed by atoms with E-state index >= 15 is 0 Å². The molecule has 1 aliphatic rings. The number of halogens is 1. The van der Waals surface area contributed by atoms with Crippen molar-refractivity contribution in [3.8, 4) is 17.2 Å². The van der Waals surface area contributed by atoms with Crippen LogP contribution in [-0.2, 0) is 0 Å². The number of rotatable bonds is 5. The van der Waals surface area contributed by atoms with Crippen LogP contribution < -0.4 is 14.2 Å². The number of allylic oxidation sites excluding steroid dienone is 1. The van der Waals surface area contributed by atoms with E-state index in [0.29, 0.717) is 29.2 Å². The normalized spacial score (nSPS) is 13.2. The molecule has 6 heteroatoms. The van der Waals surface area contributed by atoms with E-state index in [1.807, 2.05) is 6.07 Å². The highest BCUT2D eigenvalue weighted by molar-refractivity contribution is 7.99. The minimum Gasteiger partial charge on any atom is -0.496 e. The molecule has 0 spiro atoms. The van der Waals surface area contributed by atoms with Gasteiger partial charge >= 0.3 is 0 Å². The second-order valence-electron chi connectivity index (χ2n) is 5.29. The van der Waals surface area contributed by atoms with Crippen LogP contribution in [0.3, 0.4) is 0 Å². The van der Waals surface area contributed by atoms with Crippen LogP contribution in [-0.4, -0.2) is 32.4 Å². The molecule has 3 rings (SSSR count). The van der Waals surface area contributed by atoms with Gasteiger partial charge in [0.2, 0.25) is 0 Å². The van der Waals surface area contributed by atoms with E-state index in [4.69, 9.17) is 14.2 Å². The standard InChI is InChI=1S/C19H17FO4S/c1-22-16-6-4-12(9-14(16)20)3-5-15(21)13-10-18-19(11-17(13)23-2)25-8-7-24-18/h3-6,9-11H,7-8H2,1-2H3. The minimum absolute atomic E-state index is 0.162. The average molecular weight is 360 g/mol. The van der Waals surface area contributed by atoms with E-state index in [0.717, 1.165) is 10.6 Å². The average Bonchev–Trinajstić information content (AvgIpc) is 2.65. The Morgan fingerprint density at radius 1 is 1.20 bits per heavy atom. The highest BCUT2D eigenvalue weighted by Gasteiger charge is 2.18. The Hall–Kier alpha value is -2.47. The predicted molar refractivity (Wildman–Crippen MR) is 95.5 cm³/mol. The third kappa shape index (κ3) is 3.79. The van der Waals surface area contributed by atoms with Crippen molar-refractivity contribution in [3.05, 3.63) is 53.4 Å². The molecule has 4 nitrogen and oxygen atoms in total. The third-order valence-electron chi connectivity index (χ3n) is 3.73. The summed E-state index contributed by atoms with van der Waals surface area (Å²) in [5, 5.41) is 0. The van der Waals surface area contributed by atoms with Crippen molar-refractivity contribution in [1.82, 2.24) is 0 Å². The van der Waals surface area contributed by atoms with Crippen molar-refractivity contribution in [2.45, 2.75) is 4.90 Å². The zero-order chi connectivity index (χ0) is 17.8. The first kappa shape index (κ1) is 17.4. The molecule has 0 aromatic heterocycles. The van der Waals surface area contributed by atoms with Crippen LogP contribution in [0.25, 0.3) is 6.08 Å². The van der Waals surface area contributed by atoms with Crippen LogP contribution >= 0.6 is 11.8 Å². The van der Waals surface area contributed by atoms with Crippen LogP contribution in [0.2, 0.25) is 0 Å². The van der Waals surface area contributed by atoms with Crippen LogP contribution in [0, 0.1) is 5.82 Å². The van der Waals surface area contributed by atoms with E-state index in [1.54, 1.807) is 30.0 Å². The maximum atomic E-state index is 13.7. The molecule has 0 atom stereocenters. The fraction of sp³-hybridized carbons (Fsp3) is 0.211. The van der Waals surface area contributed by atoms with Crippen molar-refractivity contribution in [1.29, 1.82) is 0 Å². The molecule has 0 aliphatic carbocycles. The number of ketones is 1. The fourth-order valence-electron chi connectivity index (χ4n) is 2.48. The Balaban J connectivity index is 1.86. The largest absolute Gasteiger partial charge is 0.496 e. The monoisotopic (exact) mass is 360 g/mol. The molecular formula is C19H17FO4S. The minimum atomic E-state index is -0.478. The summed E-state index contributed by atoms with van der Waals surface area (Å²) in [4.78, 5) is 13.5. The fourth-order valence-corrected chi connectivity index (χ4v) is 3.32. The Bertz CT molecular complexity index is 832.